The van der Waals surface area contributed by atoms with E-state index in [0.29, 0.717) is 0 Å². The molecule has 0 aliphatic rings. The van der Waals surface area contributed by atoms with Crippen molar-refractivity contribution in [2.75, 3.05) is 0 Å². The van der Waals surface area contributed by atoms with Crippen molar-refractivity contribution in [3.05, 3.63) is 114 Å². The third-order valence-corrected chi connectivity index (χ3v) is 5.99. The standard InChI is InChI=1S/C33H36N2/c1-8-17-26-28-21-15-16-22-33(28)35(32(26)20-11-4)25(13-6)24-29-27(18-9-2)31(19-10-3)34(23-12-5)30(29)14-7/h8-11,13-22,24H,1,4,6-7,12,23H2,2-3,5H3/b18-9-,19-10-,25-24+,26-17-,32-20+. The highest BCUT2D eigenvalue weighted by Crippen LogP contribution is 2.31. The maximum Gasteiger partial charge on any atom is 0.0541 e. The summed E-state index contributed by atoms with van der Waals surface area (Å²) in [7, 11) is 0. The van der Waals surface area contributed by atoms with E-state index in [4.69, 9.17) is 0 Å². The molecule has 2 heteroatoms. The van der Waals surface area contributed by atoms with E-state index in [0.717, 1.165) is 51.4 Å². The van der Waals surface area contributed by atoms with E-state index in [9.17, 15) is 0 Å². The van der Waals surface area contributed by atoms with Crippen LogP contribution in [0.1, 0.15) is 49.7 Å². The second-order valence-electron chi connectivity index (χ2n) is 8.18. The number of hydrogen-bond donors (Lipinski definition) is 0. The summed E-state index contributed by atoms with van der Waals surface area (Å²) >= 11 is 0. The van der Waals surface area contributed by atoms with E-state index in [-0.39, 0.29) is 0 Å². The molecule has 1 aromatic carbocycles. The number of benzene rings is 1. The lowest BCUT2D eigenvalue weighted by atomic mass is 10.1. The normalized spacial score (nSPS) is 13.4. The molecule has 0 spiro atoms. The molecule has 0 amide bonds. The lowest BCUT2D eigenvalue weighted by Gasteiger charge is -2.10. The fourth-order valence-electron chi connectivity index (χ4n) is 4.71. The van der Waals surface area contributed by atoms with Crippen LogP contribution in [0.5, 0.6) is 0 Å². The Kier molecular flexibility index (Phi) is 8.69. The van der Waals surface area contributed by atoms with Crippen LogP contribution in [0.15, 0.2) is 81.0 Å². The predicted octanol–water partition coefficient (Wildman–Crippen LogP) is 7.68. The van der Waals surface area contributed by atoms with Crippen LogP contribution in [0, 0.1) is 0 Å². The minimum atomic E-state index is 0.920. The largest absolute Gasteiger partial charge is 0.341 e. The van der Waals surface area contributed by atoms with Crippen molar-refractivity contribution < 1.29 is 0 Å². The van der Waals surface area contributed by atoms with Gasteiger partial charge in [-0.2, -0.15) is 0 Å². The molecule has 0 fully saturated rings. The Bertz CT molecular complexity index is 1480. The Hall–Kier alpha value is -4.04. The fourth-order valence-corrected chi connectivity index (χ4v) is 4.71. The summed E-state index contributed by atoms with van der Waals surface area (Å²) in [6, 6.07) is 8.42. The van der Waals surface area contributed by atoms with Crippen molar-refractivity contribution in [1.29, 1.82) is 0 Å². The van der Waals surface area contributed by atoms with Gasteiger partial charge in [-0.25, -0.2) is 0 Å². The smallest absolute Gasteiger partial charge is 0.0541 e. The van der Waals surface area contributed by atoms with Crippen molar-refractivity contribution >= 4 is 53.1 Å². The summed E-state index contributed by atoms with van der Waals surface area (Å²) in [5, 5.41) is 3.31. The van der Waals surface area contributed by atoms with Gasteiger partial charge in [0.1, 0.15) is 0 Å². The van der Waals surface area contributed by atoms with E-state index in [1.807, 2.05) is 30.4 Å². The van der Waals surface area contributed by atoms with Crippen molar-refractivity contribution in [2.45, 2.75) is 33.7 Å². The summed E-state index contributed by atoms with van der Waals surface area (Å²) in [6.45, 7) is 23.5. The lowest BCUT2D eigenvalue weighted by Crippen LogP contribution is -2.28. The molecule has 0 saturated heterocycles. The van der Waals surface area contributed by atoms with Crippen LogP contribution in [0.4, 0.5) is 0 Å². The van der Waals surface area contributed by atoms with E-state index in [1.165, 1.54) is 11.3 Å². The van der Waals surface area contributed by atoms with Crippen molar-refractivity contribution in [3.63, 3.8) is 0 Å². The highest BCUT2D eigenvalue weighted by atomic mass is 15.0. The second kappa shape index (κ2) is 11.9. The van der Waals surface area contributed by atoms with E-state index in [2.05, 4.69) is 117 Å². The summed E-state index contributed by atoms with van der Waals surface area (Å²) in [5.74, 6) is 0. The van der Waals surface area contributed by atoms with E-state index in [1.54, 1.807) is 0 Å². The van der Waals surface area contributed by atoms with Gasteiger partial charge in [0.25, 0.3) is 0 Å². The van der Waals surface area contributed by atoms with Gasteiger partial charge in [-0.1, -0.05) is 87.9 Å². The van der Waals surface area contributed by atoms with Gasteiger partial charge in [0.15, 0.2) is 0 Å². The molecule has 0 unspecified atom stereocenters. The Morgan fingerprint density at radius 3 is 2.20 bits per heavy atom. The number of fused-ring (bicyclic) bond motifs is 1. The first-order valence-electron chi connectivity index (χ1n) is 12.1. The monoisotopic (exact) mass is 460 g/mol. The number of nitrogens with zero attached hydrogens (tertiary/aromatic N) is 2. The van der Waals surface area contributed by atoms with Crippen LogP contribution < -0.4 is 10.6 Å². The maximum absolute atomic E-state index is 4.21. The number of para-hydroxylation sites is 1. The minimum absolute atomic E-state index is 0.920. The molecule has 0 radical (unpaired) electrons. The third-order valence-electron chi connectivity index (χ3n) is 5.99. The highest BCUT2D eigenvalue weighted by Gasteiger charge is 2.18. The van der Waals surface area contributed by atoms with Gasteiger partial charge in [0, 0.05) is 45.4 Å². The molecule has 0 bridgehead atoms. The molecule has 35 heavy (non-hydrogen) atoms. The zero-order valence-electron chi connectivity index (χ0n) is 21.3. The second-order valence-corrected chi connectivity index (χ2v) is 8.18. The number of rotatable bonds is 10. The van der Waals surface area contributed by atoms with Gasteiger partial charge in [-0.3, -0.25) is 0 Å². The maximum atomic E-state index is 4.21. The van der Waals surface area contributed by atoms with Crippen LogP contribution in [0.25, 0.3) is 53.1 Å². The molecule has 0 aliphatic carbocycles. The van der Waals surface area contributed by atoms with E-state index >= 15 is 0 Å². The SMILES string of the molecule is C=C/C=c1\c(=C/C=C)n(/C(C=C)=C/c2c(/C=C\C)c(/C=C\C)n(CCC)c2C=C)c2ccccc12. The molecule has 178 valence electrons. The summed E-state index contributed by atoms with van der Waals surface area (Å²) in [6.07, 6.45) is 23.5. The summed E-state index contributed by atoms with van der Waals surface area (Å²) in [5.41, 5.74) is 6.69. The predicted molar refractivity (Wildman–Crippen MR) is 159 cm³/mol. The van der Waals surface area contributed by atoms with Crippen molar-refractivity contribution in [1.82, 2.24) is 9.13 Å². The molecule has 3 rings (SSSR count). The van der Waals surface area contributed by atoms with Gasteiger partial charge in [0.05, 0.1) is 10.9 Å². The zero-order valence-corrected chi connectivity index (χ0v) is 21.3. The van der Waals surface area contributed by atoms with Gasteiger partial charge < -0.3 is 9.13 Å². The average Bonchev–Trinajstić information content (AvgIpc) is 3.31. The Morgan fingerprint density at radius 2 is 1.60 bits per heavy atom. The third kappa shape index (κ3) is 4.79. The van der Waals surface area contributed by atoms with Crippen LogP contribution in [0.3, 0.4) is 0 Å². The van der Waals surface area contributed by atoms with Gasteiger partial charge in [-0.15, -0.1) is 0 Å². The van der Waals surface area contributed by atoms with Gasteiger partial charge in [0.2, 0.25) is 0 Å². The van der Waals surface area contributed by atoms with E-state index < -0.39 is 0 Å². The van der Waals surface area contributed by atoms with Crippen molar-refractivity contribution in [3.8, 4) is 0 Å². The number of aromatic nitrogens is 2. The average molecular weight is 461 g/mol. The van der Waals surface area contributed by atoms with Gasteiger partial charge in [-0.05, 0) is 56.7 Å². The molecular weight excluding hydrogens is 424 g/mol. The molecular formula is C33H36N2. The summed E-state index contributed by atoms with van der Waals surface area (Å²) in [4.78, 5) is 0. The first-order valence-corrected chi connectivity index (χ1v) is 12.1. The molecule has 0 aliphatic heterocycles. The zero-order chi connectivity index (χ0) is 25.4. The topological polar surface area (TPSA) is 9.86 Å². The molecule has 2 nitrogen and oxygen atoms in total. The molecule has 0 atom stereocenters. The highest BCUT2D eigenvalue weighted by molar-refractivity contribution is 5.93. The summed E-state index contributed by atoms with van der Waals surface area (Å²) < 4.78 is 4.61. The Balaban J connectivity index is 2.53. The Labute approximate surface area is 209 Å². The van der Waals surface area contributed by atoms with Crippen LogP contribution in [-0.4, -0.2) is 9.13 Å². The van der Waals surface area contributed by atoms with Gasteiger partial charge >= 0.3 is 0 Å². The van der Waals surface area contributed by atoms with Crippen molar-refractivity contribution in [2.24, 2.45) is 0 Å². The number of hydrogen-bond acceptors (Lipinski definition) is 0. The molecule has 0 N–H and O–H groups in total. The van der Waals surface area contributed by atoms with Crippen LogP contribution >= 0.6 is 0 Å². The quantitative estimate of drug-likeness (QED) is 0.275. The Morgan fingerprint density at radius 1 is 0.886 bits per heavy atom. The molecule has 2 heterocycles. The molecule has 3 aromatic rings. The molecule has 2 aromatic heterocycles. The molecule has 0 saturated carbocycles. The number of allylic oxidation sites excluding steroid dienone is 6. The van der Waals surface area contributed by atoms with Crippen LogP contribution in [0.2, 0.25) is 0 Å². The first-order chi connectivity index (χ1) is 17.1. The fraction of sp³-hybridized carbons (Fsp3) is 0.152. The lowest BCUT2D eigenvalue weighted by molar-refractivity contribution is 0.672. The van der Waals surface area contributed by atoms with Crippen LogP contribution in [-0.2, 0) is 6.54 Å². The minimum Gasteiger partial charge on any atom is -0.341 e. The first kappa shape index (κ1) is 25.6.